The van der Waals surface area contributed by atoms with Gasteiger partial charge >= 0.3 is 5.97 Å². The first-order valence-electron chi connectivity index (χ1n) is 6.68. The lowest BCUT2D eigenvalue weighted by atomic mass is 10.1. The molecule has 3 atom stereocenters. The van der Waals surface area contributed by atoms with Gasteiger partial charge in [-0.25, -0.2) is 0 Å². The third-order valence-electron chi connectivity index (χ3n) is 3.32. The molecule has 1 N–H and O–H groups in total. The van der Waals surface area contributed by atoms with Crippen molar-refractivity contribution in [1.82, 2.24) is 5.32 Å². The van der Waals surface area contributed by atoms with Gasteiger partial charge in [0.2, 0.25) is 0 Å². The third kappa shape index (κ3) is 4.51. The predicted molar refractivity (Wildman–Crippen MR) is 73.4 cm³/mol. The van der Waals surface area contributed by atoms with Gasteiger partial charge in [0, 0.05) is 11.3 Å². The summed E-state index contributed by atoms with van der Waals surface area (Å²) < 4.78 is 5.13. The molecule has 100 valence electrons. The highest BCUT2D eigenvalue weighted by molar-refractivity contribution is 7.99. The van der Waals surface area contributed by atoms with Crippen LogP contribution in [0.2, 0.25) is 0 Å². The van der Waals surface area contributed by atoms with Crippen molar-refractivity contribution in [3.8, 4) is 0 Å². The fourth-order valence-electron chi connectivity index (χ4n) is 2.46. The highest BCUT2D eigenvalue weighted by Gasteiger charge is 2.30. The zero-order valence-electron chi connectivity index (χ0n) is 11.2. The number of esters is 1. The molecule has 3 nitrogen and oxygen atoms in total. The maximum Gasteiger partial charge on any atom is 0.323 e. The van der Waals surface area contributed by atoms with Gasteiger partial charge in [-0.05, 0) is 32.4 Å². The second kappa shape index (κ2) is 7.98. The van der Waals surface area contributed by atoms with Crippen LogP contribution in [0.3, 0.4) is 0 Å². The first-order chi connectivity index (χ1) is 8.22. The van der Waals surface area contributed by atoms with Crippen LogP contribution < -0.4 is 5.32 Å². The Morgan fingerprint density at radius 2 is 2.24 bits per heavy atom. The average Bonchev–Trinajstić information content (AvgIpc) is 2.76. The molecular formula is C13H25NO2S. The molecule has 0 spiro atoms. The molecular weight excluding hydrogens is 234 g/mol. The molecule has 0 saturated heterocycles. The molecule has 3 unspecified atom stereocenters. The van der Waals surface area contributed by atoms with Gasteiger partial charge in [-0.3, -0.25) is 4.79 Å². The van der Waals surface area contributed by atoms with Crippen LogP contribution in [0, 0.1) is 0 Å². The van der Waals surface area contributed by atoms with E-state index in [1.807, 2.05) is 18.7 Å². The molecule has 0 radical (unpaired) electrons. The van der Waals surface area contributed by atoms with Gasteiger partial charge in [0.05, 0.1) is 6.61 Å². The van der Waals surface area contributed by atoms with Crippen LogP contribution in [-0.4, -0.2) is 36.2 Å². The molecule has 1 rings (SSSR count). The lowest BCUT2D eigenvalue weighted by Gasteiger charge is -2.25. The number of hydrogen-bond acceptors (Lipinski definition) is 4. The Bertz CT molecular complexity index is 235. The van der Waals surface area contributed by atoms with Gasteiger partial charge in [-0.2, -0.15) is 11.8 Å². The molecule has 17 heavy (non-hydrogen) atoms. The quantitative estimate of drug-likeness (QED) is 0.713. The van der Waals surface area contributed by atoms with Crippen LogP contribution in [0.15, 0.2) is 0 Å². The molecule has 1 aliphatic rings. The summed E-state index contributed by atoms with van der Waals surface area (Å²) in [6.07, 6.45) is 7.75. The second-order valence-electron chi connectivity index (χ2n) is 4.57. The Labute approximate surface area is 109 Å². The van der Waals surface area contributed by atoms with E-state index >= 15 is 0 Å². The molecule has 0 aliphatic heterocycles. The lowest BCUT2D eigenvalue weighted by Crippen LogP contribution is -2.46. The summed E-state index contributed by atoms with van der Waals surface area (Å²) in [5.74, 6) is -0.0823. The van der Waals surface area contributed by atoms with Crippen molar-refractivity contribution in [3.05, 3.63) is 0 Å². The fraction of sp³-hybridized carbons (Fsp3) is 0.923. The fourth-order valence-corrected chi connectivity index (χ4v) is 3.40. The van der Waals surface area contributed by atoms with E-state index in [4.69, 9.17) is 4.74 Å². The van der Waals surface area contributed by atoms with Gasteiger partial charge in [-0.15, -0.1) is 0 Å². The first-order valence-corrected chi connectivity index (χ1v) is 7.97. The monoisotopic (exact) mass is 259 g/mol. The highest BCUT2D eigenvalue weighted by Crippen LogP contribution is 2.28. The topological polar surface area (TPSA) is 38.3 Å². The van der Waals surface area contributed by atoms with E-state index in [2.05, 4.69) is 18.5 Å². The number of carbonyl (C=O) groups excluding carboxylic acids is 1. The van der Waals surface area contributed by atoms with Crippen LogP contribution in [0.25, 0.3) is 0 Å². The summed E-state index contributed by atoms with van der Waals surface area (Å²) in [6.45, 7) is 4.44. The summed E-state index contributed by atoms with van der Waals surface area (Å²) >= 11 is 1.91. The molecule has 0 aromatic carbocycles. The number of nitrogens with one attached hydrogen (secondary N) is 1. The largest absolute Gasteiger partial charge is 0.465 e. The molecule has 0 aromatic rings. The Morgan fingerprint density at radius 3 is 2.82 bits per heavy atom. The summed E-state index contributed by atoms with van der Waals surface area (Å²) in [4.78, 5) is 11.8. The molecule has 0 heterocycles. The molecule has 1 aliphatic carbocycles. The Morgan fingerprint density at radius 1 is 1.47 bits per heavy atom. The van der Waals surface area contributed by atoms with Gasteiger partial charge in [-0.1, -0.05) is 19.8 Å². The van der Waals surface area contributed by atoms with E-state index < -0.39 is 0 Å². The minimum absolute atomic E-state index is 0.0823. The molecule has 4 heteroatoms. The number of rotatable bonds is 7. The van der Waals surface area contributed by atoms with E-state index in [1.165, 1.54) is 19.3 Å². The van der Waals surface area contributed by atoms with Crippen molar-refractivity contribution >= 4 is 17.7 Å². The maximum absolute atomic E-state index is 11.8. The number of hydrogen-bond donors (Lipinski definition) is 1. The minimum atomic E-state index is -0.113. The highest BCUT2D eigenvalue weighted by atomic mass is 32.2. The van der Waals surface area contributed by atoms with Crippen molar-refractivity contribution in [2.24, 2.45) is 0 Å². The van der Waals surface area contributed by atoms with Crippen molar-refractivity contribution in [1.29, 1.82) is 0 Å². The zero-order valence-corrected chi connectivity index (χ0v) is 12.0. The van der Waals surface area contributed by atoms with E-state index in [1.54, 1.807) is 0 Å². The van der Waals surface area contributed by atoms with Crippen LogP contribution in [0.1, 0.15) is 46.0 Å². The predicted octanol–water partition coefficient (Wildman–Crippen LogP) is 2.59. The summed E-state index contributed by atoms with van der Waals surface area (Å²) in [7, 11) is 0. The van der Waals surface area contributed by atoms with Crippen LogP contribution in [-0.2, 0) is 9.53 Å². The van der Waals surface area contributed by atoms with E-state index in [0.717, 1.165) is 12.8 Å². The summed E-state index contributed by atoms with van der Waals surface area (Å²) in [6, 6.07) is 0.364. The van der Waals surface area contributed by atoms with Crippen LogP contribution in [0.4, 0.5) is 0 Å². The van der Waals surface area contributed by atoms with E-state index in [0.29, 0.717) is 17.9 Å². The van der Waals surface area contributed by atoms with Crippen LogP contribution >= 0.6 is 11.8 Å². The van der Waals surface area contributed by atoms with Crippen molar-refractivity contribution in [3.63, 3.8) is 0 Å². The molecule has 0 amide bonds. The van der Waals surface area contributed by atoms with Gasteiger partial charge in [0.25, 0.3) is 0 Å². The molecule has 1 fully saturated rings. The number of thioether (sulfide) groups is 1. The SMILES string of the molecule is CCCC(NC1CCCC1SC)C(=O)OCC. The smallest absolute Gasteiger partial charge is 0.323 e. The number of carbonyl (C=O) groups is 1. The van der Waals surface area contributed by atoms with Gasteiger partial charge < -0.3 is 10.1 Å². The summed E-state index contributed by atoms with van der Waals surface area (Å²) in [5, 5.41) is 4.16. The van der Waals surface area contributed by atoms with Crippen molar-refractivity contribution in [2.45, 2.75) is 63.3 Å². The first kappa shape index (κ1) is 14.8. The Balaban J connectivity index is 2.50. The molecule has 0 aromatic heterocycles. The maximum atomic E-state index is 11.8. The van der Waals surface area contributed by atoms with E-state index in [-0.39, 0.29) is 12.0 Å². The Hall–Kier alpha value is -0.220. The molecule has 1 saturated carbocycles. The third-order valence-corrected chi connectivity index (χ3v) is 4.49. The average molecular weight is 259 g/mol. The van der Waals surface area contributed by atoms with Crippen LogP contribution in [0.5, 0.6) is 0 Å². The van der Waals surface area contributed by atoms with Crippen molar-refractivity contribution < 1.29 is 9.53 Å². The normalized spacial score (nSPS) is 25.8. The Kier molecular flexibility index (Phi) is 6.97. The second-order valence-corrected chi connectivity index (χ2v) is 5.65. The van der Waals surface area contributed by atoms with Gasteiger partial charge in [0.15, 0.2) is 0 Å². The lowest BCUT2D eigenvalue weighted by molar-refractivity contribution is -0.146. The van der Waals surface area contributed by atoms with Crippen molar-refractivity contribution in [2.75, 3.05) is 12.9 Å². The summed E-state index contributed by atoms with van der Waals surface area (Å²) in [5.41, 5.74) is 0. The molecule has 0 bridgehead atoms. The minimum Gasteiger partial charge on any atom is -0.465 e. The van der Waals surface area contributed by atoms with E-state index in [9.17, 15) is 4.79 Å². The van der Waals surface area contributed by atoms with Gasteiger partial charge in [0.1, 0.15) is 6.04 Å². The standard InChI is InChI=1S/C13H25NO2S/c1-4-7-11(13(15)16-5-2)14-10-8-6-9-12(10)17-3/h10-12,14H,4-9H2,1-3H3. The zero-order chi connectivity index (χ0) is 12.7. The number of ether oxygens (including phenoxy) is 1.